The van der Waals surface area contributed by atoms with Gasteiger partial charge in [-0.25, -0.2) is 0 Å². The molecule has 34 heavy (non-hydrogen) atoms. The maximum Gasteiger partial charge on any atom is 0.237 e. The number of hydrogen-bond acceptors (Lipinski definition) is 6. The molecule has 1 aromatic heterocycles. The Kier molecular flexibility index (Phi) is 7.49. The highest BCUT2D eigenvalue weighted by Crippen LogP contribution is 2.27. The lowest BCUT2D eigenvalue weighted by Gasteiger charge is -2.14. The number of amides is 1. The molecule has 4 rings (SSSR count). The summed E-state index contributed by atoms with van der Waals surface area (Å²) < 4.78 is 13.1. The van der Waals surface area contributed by atoms with Crippen molar-refractivity contribution >= 4 is 23.4 Å². The molecular weight excluding hydrogens is 448 g/mol. The second-order valence-electron chi connectivity index (χ2n) is 7.65. The molecule has 174 valence electrons. The summed E-state index contributed by atoms with van der Waals surface area (Å²) in [7, 11) is 1.62. The van der Waals surface area contributed by atoms with Gasteiger partial charge in [0.15, 0.2) is 11.0 Å². The van der Waals surface area contributed by atoms with Crippen LogP contribution in [0, 0.1) is 6.92 Å². The van der Waals surface area contributed by atoms with E-state index < -0.39 is 0 Å². The largest absolute Gasteiger partial charge is 0.497 e. The Hall–Kier alpha value is -3.78. The van der Waals surface area contributed by atoms with E-state index in [1.165, 1.54) is 11.8 Å². The maximum atomic E-state index is 12.8. The number of methoxy groups -OCH3 is 1. The van der Waals surface area contributed by atoms with E-state index in [2.05, 4.69) is 15.5 Å². The van der Waals surface area contributed by atoms with Gasteiger partial charge < -0.3 is 14.8 Å². The van der Waals surface area contributed by atoms with Crippen LogP contribution < -0.4 is 14.8 Å². The minimum atomic E-state index is -0.386. The second-order valence-corrected chi connectivity index (χ2v) is 8.96. The summed E-state index contributed by atoms with van der Waals surface area (Å²) in [5.41, 5.74) is 2.80. The van der Waals surface area contributed by atoms with Crippen LogP contribution in [-0.2, 0) is 11.4 Å². The van der Waals surface area contributed by atoms with Gasteiger partial charge in [0.1, 0.15) is 18.1 Å². The molecule has 0 aliphatic heterocycles. The van der Waals surface area contributed by atoms with Gasteiger partial charge in [-0.1, -0.05) is 47.7 Å². The smallest absolute Gasteiger partial charge is 0.237 e. The number of aryl methyl sites for hydroxylation is 1. The molecule has 1 unspecified atom stereocenters. The van der Waals surface area contributed by atoms with Gasteiger partial charge in [-0.2, -0.15) is 0 Å². The van der Waals surface area contributed by atoms with E-state index in [9.17, 15) is 4.79 Å². The molecule has 1 N–H and O–H groups in total. The quantitative estimate of drug-likeness (QED) is 0.333. The Morgan fingerprint density at radius 3 is 2.32 bits per heavy atom. The van der Waals surface area contributed by atoms with E-state index in [0.717, 1.165) is 22.7 Å². The first-order valence-corrected chi connectivity index (χ1v) is 11.7. The van der Waals surface area contributed by atoms with Crippen molar-refractivity contribution in [2.75, 3.05) is 12.4 Å². The number of benzene rings is 3. The summed E-state index contributed by atoms with van der Waals surface area (Å²) in [6.07, 6.45) is 0. The summed E-state index contributed by atoms with van der Waals surface area (Å²) in [6.45, 7) is 4.08. The Morgan fingerprint density at radius 2 is 1.65 bits per heavy atom. The molecule has 4 aromatic rings. The van der Waals surface area contributed by atoms with Gasteiger partial charge in [-0.3, -0.25) is 9.36 Å². The number of ether oxygens (including phenoxy) is 2. The summed E-state index contributed by atoms with van der Waals surface area (Å²) in [5.74, 6) is 1.99. The number of anilines is 1. The SMILES string of the molecule is COc1ccc(OCc2nnc(SC(C)C(=O)Nc3ccc(C)cc3)n2-c2ccccc2)cc1. The Labute approximate surface area is 203 Å². The summed E-state index contributed by atoms with van der Waals surface area (Å²) in [4.78, 5) is 12.8. The summed E-state index contributed by atoms with van der Waals surface area (Å²) in [5, 5.41) is 11.9. The van der Waals surface area contributed by atoms with Crippen molar-refractivity contribution in [1.82, 2.24) is 14.8 Å². The molecule has 0 bridgehead atoms. The average molecular weight is 475 g/mol. The van der Waals surface area contributed by atoms with Crippen molar-refractivity contribution in [2.45, 2.75) is 30.9 Å². The number of para-hydroxylation sites is 1. The highest BCUT2D eigenvalue weighted by molar-refractivity contribution is 8.00. The van der Waals surface area contributed by atoms with Gasteiger partial charge in [0.2, 0.25) is 5.91 Å². The molecule has 1 amide bonds. The van der Waals surface area contributed by atoms with Crippen LogP contribution in [0.4, 0.5) is 5.69 Å². The van der Waals surface area contributed by atoms with Gasteiger partial charge in [0.05, 0.1) is 12.4 Å². The first-order valence-electron chi connectivity index (χ1n) is 10.8. The molecule has 0 aliphatic rings. The molecule has 8 heteroatoms. The molecule has 1 atom stereocenters. The fraction of sp³-hybridized carbons (Fsp3) is 0.192. The van der Waals surface area contributed by atoms with Gasteiger partial charge in [0.25, 0.3) is 0 Å². The zero-order chi connectivity index (χ0) is 23.9. The number of rotatable bonds is 9. The monoisotopic (exact) mass is 474 g/mol. The van der Waals surface area contributed by atoms with Crippen LogP contribution in [0.25, 0.3) is 5.69 Å². The van der Waals surface area contributed by atoms with Crippen molar-refractivity contribution in [3.05, 3.63) is 90.3 Å². The molecular formula is C26H26N4O3S. The summed E-state index contributed by atoms with van der Waals surface area (Å²) in [6, 6.07) is 24.9. The van der Waals surface area contributed by atoms with Crippen molar-refractivity contribution in [1.29, 1.82) is 0 Å². The average Bonchev–Trinajstić information content (AvgIpc) is 3.27. The number of carbonyl (C=O) groups excluding carboxylic acids is 1. The lowest BCUT2D eigenvalue weighted by Crippen LogP contribution is -2.23. The van der Waals surface area contributed by atoms with Gasteiger partial charge >= 0.3 is 0 Å². The fourth-order valence-electron chi connectivity index (χ4n) is 3.22. The normalized spacial score (nSPS) is 11.6. The van der Waals surface area contributed by atoms with Gasteiger partial charge in [-0.05, 0) is 62.4 Å². The molecule has 0 aliphatic carbocycles. The zero-order valence-corrected chi connectivity index (χ0v) is 20.1. The van der Waals surface area contributed by atoms with Gasteiger partial charge in [0, 0.05) is 11.4 Å². The molecule has 0 spiro atoms. The van der Waals surface area contributed by atoms with Crippen molar-refractivity contribution in [2.24, 2.45) is 0 Å². The van der Waals surface area contributed by atoms with E-state index in [0.29, 0.717) is 16.7 Å². The Balaban J connectivity index is 1.51. The van der Waals surface area contributed by atoms with Crippen LogP contribution >= 0.6 is 11.8 Å². The van der Waals surface area contributed by atoms with E-state index in [1.54, 1.807) is 7.11 Å². The first kappa shape index (κ1) is 23.4. The van der Waals surface area contributed by atoms with Crippen LogP contribution in [-0.4, -0.2) is 33.0 Å². The molecule has 0 radical (unpaired) electrons. The minimum absolute atomic E-state index is 0.104. The molecule has 0 fully saturated rings. The number of carbonyl (C=O) groups is 1. The Morgan fingerprint density at radius 1 is 0.971 bits per heavy atom. The molecule has 0 saturated heterocycles. The third kappa shape index (κ3) is 5.77. The van der Waals surface area contributed by atoms with E-state index in [-0.39, 0.29) is 17.8 Å². The number of nitrogens with one attached hydrogen (secondary N) is 1. The Bertz CT molecular complexity index is 1230. The fourth-order valence-corrected chi connectivity index (χ4v) is 4.11. The number of aromatic nitrogens is 3. The van der Waals surface area contributed by atoms with Crippen LogP contribution in [0.15, 0.2) is 84.0 Å². The van der Waals surface area contributed by atoms with Crippen LogP contribution in [0.1, 0.15) is 18.3 Å². The zero-order valence-electron chi connectivity index (χ0n) is 19.3. The number of thioether (sulfide) groups is 1. The third-order valence-electron chi connectivity index (χ3n) is 5.11. The van der Waals surface area contributed by atoms with E-state index >= 15 is 0 Å². The standard InChI is InChI=1S/C26H26N4O3S/c1-18-9-11-20(12-10-18)27-25(31)19(2)34-26-29-28-24(30(26)21-7-5-4-6-8-21)17-33-23-15-13-22(32-3)14-16-23/h4-16,19H,17H2,1-3H3,(H,27,31). The van der Waals surface area contributed by atoms with Crippen LogP contribution in [0.5, 0.6) is 11.5 Å². The highest BCUT2D eigenvalue weighted by atomic mass is 32.2. The number of nitrogens with zero attached hydrogens (tertiary/aromatic N) is 3. The van der Waals surface area contributed by atoms with E-state index in [1.807, 2.05) is 97.3 Å². The lowest BCUT2D eigenvalue weighted by molar-refractivity contribution is -0.115. The predicted octanol–water partition coefficient (Wildman–Crippen LogP) is 5.28. The van der Waals surface area contributed by atoms with Gasteiger partial charge in [-0.15, -0.1) is 10.2 Å². The highest BCUT2D eigenvalue weighted by Gasteiger charge is 2.21. The molecule has 1 heterocycles. The van der Waals surface area contributed by atoms with Crippen molar-refractivity contribution in [3.63, 3.8) is 0 Å². The minimum Gasteiger partial charge on any atom is -0.497 e. The summed E-state index contributed by atoms with van der Waals surface area (Å²) >= 11 is 1.35. The second kappa shape index (κ2) is 10.9. The van der Waals surface area contributed by atoms with Crippen molar-refractivity contribution in [3.8, 4) is 17.2 Å². The first-order chi connectivity index (χ1) is 16.5. The predicted molar refractivity (Wildman–Crippen MR) is 134 cm³/mol. The maximum absolute atomic E-state index is 12.8. The van der Waals surface area contributed by atoms with E-state index in [4.69, 9.17) is 9.47 Å². The molecule has 3 aromatic carbocycles. The van der Waals surface area contributed by atoms with Crippen molar-refractivity contribution < 1.29 is 14.3 Å². The topological polar surface area (TPSA) is 78.3 Å². The molecule has 0 saturated carbocycles. The third-order valence-corrected chi connectivity index (χ3v) is 6.16. The molecule has 7 nitrogen and oxygen atoms in total. The lowest BCUT2D eigenvalue weighted by atomic mass is 10.2. The number of hydrogen-bond donors (Lipinski definition) is 1. The van der Waals surface area contributed by atoms with Crippen LogP contribution in [0.2, 0.25) is 0 Å². The van der Waals surface area contributed by atoms with Crippen LogP contribution in [0.3, 0.4) is 0 Å².